The Bertz CT molecular complexity index is 673. The van der Waals surface area contributed by atoms with Gasteiger partial charge in [-0.3, -0.25) is 0 Å². The number of hydrogen-bond donors (Lipinski definition) is 1. The van der Waals surface area contributed by atoms with Gasteiger partial charge in [-0.2, -0.15) is 0 Å². The van der Waals surface area contributed by atoms with Crippen molar-refractivity contribution >= 4 is 16.7 Å². The van der Waals surface area contributed by atoms with E-state index in [1.54, 1.807) is 6.07 Å². The summed E-state index contributed by atoms with van der Waals surface area (Å²) in [5.74, 6) is -0.850. The fourth-order valence-corrected chi connectivity index (χ4v) is 3.38. The van der Waals surface area contributed by atoms with Crippen molar-refractivity contribution in [3.63, 3.8) is 0 Å². The Morgan fingerprint density at radius 2 is 1.58 bits per heavy atom. The van der Waals surface area contributed by atoms with Crippen LogP contribution in [0.25, 0.3) is 10.8 Å². The first-order valence-corrected chi connectivity index (χ1v) is 9.39. The smallest absolute Gasteiger partial charge is 0.335 e. The second kappa shape index (κ2) is 9.46. The third-order valence-electron chi connectivity index (χ3n) is 4.90. The van der Waals surface area contributed by atoms with Gasteiger partial charge in [0.2, 0.25) is 0 Å². The van der Waals surface area contributed by atoms with Crippen LogP contribution >= 0.6 is 0 Å². The minimum atomic E-state index is -0.850. The van der Waals surface area contributed by atoms with E-state index >= 15 is 0 Å². The van der Waals surface area contributed by atoms with Crippen LogP contribution in [0.5, 0.6) is 0 Å². The number of carboxylic acid groups (broad SMARTS) is 1. The van der Waals surface area contributed by atoms with Crippen LogP contribution in [0.1, 0.15) is 79.8 Å². The van der Waals surface area contributed by atoms with Gasteiger partial charge in [0, 0.05) is 0 Å². The van der Waals surface area contributed by atoms with E-state index in [4.69, 9.17) is 0 Å². The van der Waals surface area contributed by atoms with Crippen molar-refractivity contribution in [2.75, 3.05) is 0 Å². The lowest BCUT2D eigenvalue weighted by Gasteiger charge is -2.08. The van der Waals surface area contributed by atoms with E-state index < -0.39 is 5.97 Å². The second-order valence-electron chi connectivity index (χ2n) is 6.82. The summed E-state index contributed by atoms with van der Waals surface area (Å²) < 4.78 is 0. The highest BCUT2D eigenvalue weighted by molar-refractivity contribution is 5.97. The van der Waals surface area contributed by atoms with Crippen molar-refractivity contribution in [2.24, 2.45) is 0 Å². The summed E-state index contributed by atoms with van der Waals surface area (Å²) in [7, 11) is 0. The largest absolute Gasteiger partial charge is 0.478 e. The molecule has 0 bridgehead atoms. The first-order chi connectivity index (χ1) is 11.6. The molecule has 0 saturated carbocycles. The molecule has 130 valence electrons. The minimum Gasteiger partial charge on any atom is -0.478 e. The average Bonchev–Trinajstić information content (AvgIpc) is 2.57. The molecule has 0 saturated heterocycles. The van der Waals surface area contributed by atoms with Gasteiger partial charge in [-0.1, -0.05) is 76.1 Å². The summed E-state index contributed by atoms with van der Waals surface area (Å²) in [5, 5.41) is 11.4. The fourth-order valence-electron chi connectivity index (χ4n) is 3.38. The van der Waals surface area contributed by atoms with Gasteiger partial charge in [0.25, 0.3) is 0 Å². The Labute approximate surface area is 145 Å². The van der Waals surface area contributed by atoms with Crippen LogP contribution in [-0.2, 0) is 6.42 Å². The van der Waals surface area contributed by atoms with Crippen LogP contribution in [0.4, 0.5) is 0 Å². The Morgan fingerprint density at radius 3 is 2.25 bits per heavy atom. The fraction of sp³-hybridized carbons (Fsp3) is 0.500. The third-order valence-corrected chi connectivity index (χ3v) is 4.90. The van der Waals surface area contributed by atoms with E-state index in [1.807, 2.05) is 13.0 Å². The van der Waals surface area contributed by atoms with Crippen molar-refractivity contribution in [3.05, 3.63) is 47.0 Å². The van der Waals surface area contributed by atoms with Gasteiger partial charge in [-0.25, -0.2) is 4.79 Å². The number of hydrogen-bond acceptors (Lipinski definition) is 1. The van der Waals surface area contributed by atoms with Crippen molar-refractivity contribution in [2.45, 2.75) is 71.6 Å². The molecule has 0 aliphatic rings. The van der Waals surface area contributed by atoms with Gasteiger partial charge in [0.15, 0.2) is 0 Å². The van der Waals surface area contributed by atoms with Gasteiger partial charge in [0.05, 0.1) is 5.56 Å². The number of aromatic carboxylic acids is 1. The van der Waals surface area contributed by atoms with Gasteiger partial charge in [-0.15, -0.1) is 0 Å². The number of benzene rings is 2. The van der Waals surface area contributed by atoms with Crippen LogP contribution in [0, 0.1) is 6.92 Å². The van der Waals surface area contributed by atoms with Crippen LogP contribution in [0.2, 0.25) is 0 Å². The maximum absolute atomic E-state index is 11.2. The van der Waals surface area contributed by atoms with Gasteiger partial charge in [0.1, 0.15) is 0 Å². The molecule has 2 nitrogen and oxygen atoms in total. The van der Waals surface area contributed by atoms with E-state index in [9.17, 15) is 9.90 Å². The Morgan fingerprint density at radius 1 is 0.917 bits per heavy atom. The Balaban J connectivity index is 1.85. The van der Waals surface area contributed by atoms with Crippen molar-refractivity contribution in [3.8, 4) is 0 Å². The number of carbonyl (C=O) groups is 1. The molecule has 0 aliphatic carbocycles. The molecule has 0 amide bonds. The number of fused-ring (bicyclic) bond motifs is 1. The number of aryl methyl sites for hydroxylation is 2. The molecule has 2 aromatic carbocycles. The molecule has 0 heterocycles. The lowest BCUT2D eigenvalue weighted by atomic mass is 9.96. The monoisotopic (exact) mass is 326 g/mol. The molecule has 24 heavy (non-hydrogen) atoms. The summed E-state index contributed by atoms with van der Waals surface area (Å²) >= 11 is 0. The molecule has 2 rings (SSSR count). The predicted octanol–water partition coefficient (Wildman–Crippen LogP) is 6.53. The number of rotatable bonds is 10. The normalized spacial score (nSPS) is 11.1. The van der Waals surface area contributed by atoms with Crippen molar-refractivity contribution in [1.29, 1.82) is 0 Å². The Hall–Kier alpha value is -1.83. The van der Waals surface area contributed by atoms with Crippen molar-refractivity contribution < 1.29 is 9.90 Å². The first kappa shape index (κ1) is 18.5. The van der Waals surface area contributed by atoms with Crippen LogP contribution < -0.4 is 0 Å². The molecule has 0 atom stereocenters. The molecular formula is C22H30O2. The average molecular weight is 326 g/mol. The number of unbranched alkanes of at least 4 members (excludes halogenated alkanes) is 7. The van der Waals surface area contributed by atoms with Crippen LogP contribution in [0.3, 0.4) is 0 Å². The van der Waals surface area contributed by atoms with Gasteiger partial charge >= 0.3 is 5.97 Å². The SMILES string of the molecule is CCCCCCCCCCc1ccc2c(C)c(C(=O)O)ccc2c1. The summed E-state index contributed by atoms with van der Waals surface area (Å²) in [5.41, 5.74) is 2.62. The van der Waals surface area contributed by atoms with Crippen molar-refractivity contribution in [1.82, 2.24) is 0 Å². The quantitative estimate of drug-likeness (QED) is 0.504. The summed E-state index contributed by atoms with van der Waals surface area (Å²) in [4.78, 5) is 11.2. The molecule has 0 aromatic heterocycles. The number of carboxylic acids is 1. The zero-order valence-electron chi connectivity index (χ0n) is 15.1. The van der Waals surface area contributed by atoms with E-state index in [1.165, 1.54) is 56.9 Å². The third kappa shape index (κ3) is 5.09. The second-order valence-corrected chi connectivity index (χ2v) is 6.82. The van der Waals surface area contributed by atoms with Gasteiger partial charge < -0.3 is 5.11 Å². The zero-order chi connectivity index (χ0) is 17.4. The standard InChI is InChI=1S/C22H30O2/c1-3-4-5-6-7-8-9-10-11-18-12-14-20-17(2)21(22(23)24)15-13-19(20)16-18/h12-16H,3-11H2,1-2H3,(H,23,24). The summed E-state index contributed by atoms with van der Waals surface area (Å²) in [6.07, 6.45) is 11.8. The lowest BCUT2D eigenvalue weighted by Crippen LogP contribution is -2.00. The van der Waals surface area contributed by atoms with Gasteiger partial charge in [-0.05, 0) is 47.7 Å². The molecule has 0 fully saturated rings. The van der Waals surface area contributed by atoms with Crippen LogP contribution in [-0.4, -0.2) is 11.1 Å². The minimum absolute atomic E-state index is 0.401. The molecule has 1 N–H and O–H groups in total. The van der Waals surface area contributed by atoms with Crippen LogP contribution in [0.15, 0.2) is 30.3 Å². The highest BCUT2D eigenvalue weighted by Gasteiger charge is 2.09. The molecule has 2 aromatic rings. The van der Waals surface area contributed by atoms with E-state index in [0.717, 1.165) is 22.8 Å². The zero-order valence-corrected chi connectivity index (χ0v) is 15.1. The highest BCUT2D eigenvalue weighted by atomic mass is 16.4. The molecule has 0 spiro atoms. The summed E-state index contributed by atoms with van der Waals surface area (Å²) in [6, 6.07) is 10.1. The van der Waals surface area contributed by atoms with E-state index in [-0.39, 0.29) is 0 Å². The highest BCUT2D eigenvalue weighted by Crippen LogP contribution is 2.24. The molecule has 0 radical (unpaired) electrons. The maximum Gasteiger partial charge on any atom is 0.335 e. The Kier molecular flexibility index (Phi) is 7.30. The lowest BCUT2D eigenvalue weighted by molar-refractivity contribution is 0.0696. The van der Waals surface area contributed by atoms with E-state index in [2.05, 4.69) is 25.1 Å². The predicted molar refractivity (Wildman–Crippen MR) is 102 cm³/mol. The van der Waals surface area contributed by atoms with E-state index in [0.29, 0.717) is 5.56 Å². The topological polar surface area (TPSA) is 37.3 Å². The first-order valence-electron chi connectivity index (χ1n) is 9.39. The molecular weight excluding hydrogens is 296 g/mol. The molecule has 0 unspecified atom stereocenters. The molecule has 2 heteroatoms. The molecule has 0 aliphatic heterocycles. The summed E-state index contributed by atoms with van der Waals surface area (Å²) in [6.45, 7) is 4.15. The maximum atomic E-state index is 11.2.